The Hall–Kier alpha value is -1.67. The molecule has 26 heavy (non-hydrogen) atoms. The summed E-state index contributed by atoms with van der Waals surface area (Å²) in [6.07, 6.45) is 4.35. The van der Waals surface area contributed by atoms with Crippen LogP contribution < -0.4 is 0 Å². The molecule has 1 aliphatic carbocycles. The van der Waals surface area contributed by atoms with Crippen LogP contribution >= 0.6 is 0 Å². The van der Waals surface area contributed by atoms with Crippen molar-refractivity contribution in [1.82, 2.24) is 4.90 Å². The molecule has 0 bridgehead atoms. The SMILES string of the molecule is CCN(Cc1ccccc1)C(C)CCc1ccc(C2CCCC2F)cc1. The highest BCUT2D eigenvalue weighted by Gasteiger charge is 2.28. The summed E-state index contributed by atoms with van der Waals surface area (Å²) in [7, 11) is 0. The molecule has 0 radical (unpaired) electrons. The van der Waals surface area contributed by atoms with E-state index >= 15 is 0 Å². The predicted octanol–water partition coefficient (Wildman–Crippen LogP) is 6.14. The average Bonchev–Trinajstić information content (AvgIpc) is 3.11. The first-order chi connectivity index (χ1) is 12.7. The lowest BCUT2D eigenvalue weighted by molar-refractivity contribution is 0.201. The lowest BCUT2D eigenvalue weighted by Crippen LogP contribution is -2.32. The standard InChI is InChI=1S/C24H32FN/c1-3-26(18-21-8-5-4-6-9-21)19(2)12-13-20-14-16-22(17-15-20)23-10-7-11-24(23)25/h4-6,8-9,14-17,19,23-24H,3,7,10-13,18H2,1-2H3. The maximum Gasteiger partial charge on any atom is 0.107 e. The van der Waals surface area contributed by atoms with Crippen LogP contribution in [0.1, 0.15) is 62.1 Å². The topological polar surface area (TPSA) is 3.24 Å². The van der Waals surface area contributed by atoms with E-state index in [0.717, 1.165) is 45.2 Å². The van der Waals surface area contributed by atoms with Crippen molar-refractivity contribution in [3.63, 3.8) is 0 Å². The molecule has 1 aliphatic rings. The first kappa shape index (κ1) is 19.1. The summed E-state index contributed by atoms with van der Waals surface area (Å²) >= 11 is 0. The summed E-state index contributed by atoms with van der Waals surface area (Å²) in [5.41, 5.74) is 3.93. The van der Waals surface area contributed by atoms with Crippen LogP contribution in [-0.2, 0) is 13.0 Å². The summed E-state index contributed by atoms with van der Waals surface area (Å²) in [6, 6.07) is 20.0. The third-order valence-corrected chi connectivity index (χ3v) is 5.95. The van der Waals surface area contributed by atoms with Crippen molar-refractivity contribution in [2.75, 3.05) is 6.54 Å². The molecule has 0 heterocycles. The van der Waals surface area contributed by atoms with Gasteiger partial charge in [-0.1, -0.05) is 61.5 Å². The zero-order valence-corrected chi connectivity index (χ0v) is 16.2. The molecule has 0 spiro atoms. The van der Waals surface area contributed by atoms with E-state index in [9.17, 15) is 4.39 Å². The van der Waals surface area contributed by atoms with E-state index in [4.69, 9.17) is 0 Å². The highest BCUT2D eigenvalue weighted by atomic mass is 19.1. The summed E-state index contributed by atoms with van der Waals surface area (Å²) in [5, 5.41) is 0. The minimum Gasteiger partial charge on any atom is -0.297 e. The number of benzene rings is 2. The summed E-state index contributed by atoms with van der Waals surface area (Å²) in [5.74, 6) is 0.129. The molecule has 1 fully saturated rings. The number of aryl methyl sites for hydroxylation is 1. The van der Waals surface area contributed by atoms with Crippen LogP contribution in [0.15, 0.2) is 54.6 Å². The van der Waals surface area contributed by atoms with Crippen molar-refractivity contribution in [2.24, 2.45) is 0 Å². The van der Waals surface area contributed by atoms with Gasteiger partial charge in [-0.2, -0.15) is 0 Å². The van der Waals surface area contributed by atoms with Gasteiger partial charge < -0.3 is 0 Å². The van der Waals surface area contributed by atoms with E-state index < -0.39 is 6.17 Å². The van der Waals surface area contributed by atoms with E-state index in [1.54, 1.807) is 0 Å². The Balaban J connectivity index is 1.52. The van der Waals surface area contributed by atoms with Crippen molar-refractivity contribution in [1.29, 1.82) is 0 Å². The molecule has 0 N–H and O–H groups in total. The molecule has 0 amide bonds. The third-order valence-electron chi connectivity index (χ3n) is 5.95. The largest absolute Gasteiger partial charge is 0.297 e. The van der Waals surface area contributed by atoms with Crippen LogP contribution in [0, 0.1) is 0 Å². The zero-order chi connectivity index (χ0) is 18.4. The molecule has 0 aromatic heterocycles. The van der Waals surface area contributed by atoms with Gasteiger partial charge in [0, 0.05) is 18.5 Å². The van der Waals surface area contributed by atoms with E-state index in [1.807, 2.05) is 0 Å². The van der Waals surface area contributed by atoms with Crippen LogP contribution in [0.5, 0.6) is 0 Å². The molecule has 1 nitrogen and oxygen atoms in total. The summed E-state index contributed by atoms with van der Waals surface area (Å²) in [4.78, 5) is 2.54. The Morgan fingerprint density at radius 3 is 2.35 bits per heavy atom. The van der Waals surface area contributed by atoms with Gasteiger partial charge in [-0.3, -0.25) is 4.90 Å². The fraction of sp³-hybridized carbons (Fsp3) is 0.500. The second-order valence-electron chi connectivity index (χ2n) is 7.73. The minimum absolute atomic E-state index is 0.129. The molecule has 3 atom stereocenters. The predicted molar refractivity (Wildman–Crippen MR) is 108 cm³/mol. The van der Waals surface area contributed by atoms with Crippen molar-refractivity contribution >= 4 is 0 Å². The van der Waals surface area contributed by atoms with Gasteiger partial charge in [-0.25, -0.2) is 4.39 Å². The lowest BCUT2D eigenvalue weighted by atomic mass is 9.94. The van der Waals surface area contributed by atoms with Crippen molar-refractivity contribution < 1.29 is 4.39 Å². The Labute approximate surface area is 158 Å². The summed E-state index contributed by atoms with van der Waals surface area (Å²) < 4.78 is 13.9. The molecule has 2 aromatic rings. The monoisotopic (exact) mass is 353 g/mol. The highest BCUT2D eigenvalue weighted by Crippen LogP contribution is 2.36. The van der Waals surface area contributed by atoms with Crippen molar-refractivity contribution in [3.8, 4) is 0 Å². The Kier molecular flexibility index (Phi) is 6.85. The molecule has 2 aromatic carbocycles. The number of halogens is 1. The Morgan fingerprint density at radius 2 is 1.73 bits per heavy atom. The molecule has 0 aliphatic heterocycles. The number of nitrogens with zero attached hydrogens (tertiary/aromatic N) is 1. The summed E-state index contributed by atoms with van der Waals surface area (Å²) in [6.45, 7) is 6.64. The van der Waals surface area contributed by atoms with Crippen molar-refractivity contribution in [3.05, 3.63) is 71.3 Å². The number of hydrogen-bond donors (Lipinski definition) is 0. The molecule has 1 saturated carbocycles. The van der Waals surface area contributed by atoms with Crippen LogP contribution in [0.25, 0.3) is 0 Å². The van der Waals surface area contributed by atoms with Gasteiger partial charge in [0.05, 0.1) is 0 Å². The Bertz CT molecular complexity index is 652. The van der Waals surface area contributed by atoms with Gasteiger partial charge in [-0.05, 0) is 62.3 Å². The van der Waals surface area contributed by atoms with Crippen LogP contribution in [0.4, 0.5) is 4.39 Å². The quantitative estimate of drug-likeness (QED) is 0.551. The molecular formula is C24H32FN. The van der Waals surface area contributed by atoms with E-state index in [-0.39, 0.29) is 5.92 Å². The maximum atomic E-state index is 13.9. The number of alkyl halides is 1. The normalized spacial score (nSPS) is 21.2. The van der Waals surface area contributed by atoms with Gasteiger partial charge in [-0.15, -0.1) is 0 Å². The molecule has 2 heteroatoms. The zero-order valence-electron chi connectivity index (χ0n) is 16.2. The van der Waals surface area contributed by atoms with Crippen LogP contribution in [0.2, 0.25) is 0 Å². The molecule has 3 rings (SSSR count). The third kappa shape index (κ3) is 4.94. The van der Waals surface area contributed by atoms with Gasteiger partial charge in [0.25, 0.3) is 0 Å². The van der Waals surface area contributed by atoms with Crippen molar-refractivity contribution in [2.45, 2.75) is 70.6 Å². The van der Waals surface area contributed by atoms with Gasteiger partial charge in [0.15, 0.2) is 0 Å². The van der Waals surface area contributed by atoms with Gasteiger partial charge >= 0.3 is 0 Å². The first-order valence-corrected chi connectivity index (χ1v) is 10.2. The highest BCUT2D eigenvalue weighted by molar-refractivity contribution is 5.27. The fourth-order valence-electron chi connectivity index (χ4n) is 4.18. The molecular weight excluding hydrogens is 321 g/mol. The van der Waals surface area contributed by atoms with E-state index in [2.05, 4.69) is 73.3 Å². The maximum absolute atomic E-state index is 13.9. The van der Waals surface area contributed by atoms with Crippen LogP contribution in [0.3, 0.4) is 0 Å². The fourth-order valence-corrected chi connectivity index (χ4v) is 4.18. The lowest BCUT2D eigenvalue weighted by Gasteiger charge is -2.28. The average molecular weight is 354 g/mol. The molecule has 140 valence electrons. The second-order valence-corrected chi connectivity index (χ2v) is 7.73. The number of hydrogen-bond acceptors (Lipinski definition) is 1. The number of rotatable bonds is 8. The van der Waals surface area contributed by atoms with E-state index in [1.165, 1.54) is 16.7 Å². The molecule has 0 saturated heterocycles. The van der Waals surface area contributed by atoms with Gasteiger partial charge in [0.2, 0.25) is 0 Å². The molecule has 3 unspecified atom stereocenters. The van der Waals surface area contributed by atoms with Gasteiger partial charge in [0.1, 0.15) is 6.17 Å². The van der Waals surface area contributed by atoms with Crippen LogP contribution in [-0.4, -0.2) is 23.7 Å². The Morgan fingerprint density at radius 1 is 1.00 bits per heavy atom. The minimum atomic E-state index is -0.642. The second kappa shape index (κ2) is 9.32. The first-order valence-electron chi connectivity index (χ1n) is 10.2. The smallest absolute Gasteiger partial charge is 0.107 e. The van der Waals surface area contributed by atoms with E-state index in [0.29, 0.717) is 6.04 Å².